The fourth-order valence-electron chi connectivity index (χ4n) is 3.92. The first-order valence-corrected chi connectivity index (χ1v) is 9.34. The van der Waals surface area contributed by atoms with Gasteiger partial charge in [-0.3, -0.25) is 4.79 Å². The maximum Gasteiger partial charge on any atom is 0.227 e. The van der Waals surface area contributed by atoms with Crippen molar-refractivity contribution in [1.29, 1.82) is 0 Å². The third-order valence-electron chi connectivity index (χ3n) is 5.37. The molecular weight excluding hydrogens is 326 g/mol. The van der Waals surface area contributed by atoms with Gasteiger partial charge in [0.1, 0.15) is 0 Å². The Bertz CT molecular complexity index is 734. The van der Waals surface area contributed by atoms with Gasteiger partial charge in [-0.2, -0.15) is 0 Å². The molecule has 0 N–H and O–H groups in total. The third kappa shape index (κ3) is 3.97. The number of hydrogen-bond acceptors (Lipinski definition) is 3. The zero-order valence-corrected chi connectivity index (χ0v) is 15.0. The Balaban J connectivity index is 1.28. The Morgan fingerprint density at radius 3 is 2.50 bits per heavy atom. The summed E-state index contributed by atoms with van der Waals surface area (Å²) < 4.78 is 12.2. The third-order valence-corrected chi connectivity index (χ3v) is 5.37. The molecule has 0 bridgehead atoms. The van der Waals surface area contributed by atoms with Crippen LogP contribution in [0, 0.1) is 0 Å². The molecule has 2 aliphatic rings. The Kier molecular flexibility index (Phi) is 5.05. The van der Waals surface area contributed by atoms with Crippen LogP contribution in [0.1, 0.15) is 24.0 Å². The summed E-state index contributed by atoms with van der Waals surface area (Å²) in [6.45, 7) is 2.69. The molecular formula is C22H25NO3. The summed E-state index contributed by atoms with van der Waals surface area (Å²) in [4.78, 5) is 14.5. The monoisotopic (exact) mass is 351 g/mol. The highest BCUT2D eigenvalue weighted by molar-refractivity contribution is 5.79. The Hall–Kier alpha value is -2.17. The molecule has 2 aromatic carbocycles. The number of likely N-dealkylation sites (tertiary alicyclic amines) is 1. The smallest absolute Gasteiger partial charge is 0.227 e. The summed E-state index contributed by atoms with van der Waals surface area (Å²) in [5, 5.41) is 0. The number of carbonyl (C=O) groups is 1. The van der Waals surface area contributed by atoms with Crippen molar-refractivity contribution < 1.29 is 14.3 Å². The van der Waals surface area contributed by atoms with Crippen molar-refractivity contribution in [3.8, 4) is 0 Å². The second-order valence-corrected chi connectivity index (χ2v) is 7.34. The molecule has 0 unspecified atom stereocenters. The van der Waals surface area contributed by atoms with Crippen molar-refractivity contribution in [3.63, 3.8) is 0 Å². The first-order valence-electron chi connectivity index (χ1n) is 9.34. The van der Waals surface area contributed by atoms with Crippen molar-refractivity contribution in [2.75, 3.05) is 19.7 Å². The van der Waals surface area contributed by atoms with Gasteiger partial charge in [-0.05, 0) is 17.5 Å². The van der Waals surface area contributed by atoms with Crippen LogP contribution in [0.4, 0.5) is 0 Å². The molecule has 0 saturated carbocycles. The van der Waals surface area contributed by atoms with Crippen LogP contribution >= 0.6 is 0 Å². The van der Waals surface area contributed by atoms with E-state index >= 15 is 0 Å². The van der Waals surface area contributed by atoms with Gasteiger partial charge in [0.15, 0.2) is 0 Å². The van der Waals surface area contributed by atoms with E-state index in [0.717, 1.165) is 24.9 Å². The van der Waals surface area contributed by atoms with E-state index in [-0.39, 0.29) is 17.6 Å². The van der Waals surface area contributed by atoms with Crippen LogP contribution in [0.2, 0.25) is 0 Å². The number of benzene rings is 2. The molecule has 0 radical (unpaired) electrons. The summed E-state index contributed by atoms with van der Waals surface area (Å²) in [5.74, 6) is 0.185. The average molecular weight is 351 g/mol. The van der Waals surface area contributed by atoms with Gasteiger partial charge in [-0.1, -0.05) is 60.7 Å². The lowest BCUT2D eigenvalue weighted by Crippen LogP contribution is -2.36. The lowest BCUT2D eigenvalue weighted by Gasteiger charge is -2.23. The molecule has 0 aromatic heterocycles. The lowest BCUT2D eigenvalue weighted by atomic mass is 9.98. The van der Waals surface area contributed by atoms with Crippen molar-refractivity contribution in [1.82, 2.24) is 4.90 Å². The Labute approximate surface area is 154 Å². The van der Waals surface area contributed by atoms with Gasteiger partial charge < -0.3 is 14.4 Å². The number of nitrogens with zero attached hydrogens (tertiary/aromatic N) is 1. The van der Waals surface area contributed by atoms with Crippen LogP contribution in [0.5, 0.6) is 0 Å². The summed E-state index contributed by atoms with van der Waals surface area (Å²) in [6, 6.07) is 20.1. The van der Waals surface area contributed by atoms with Crippen LogP contribution in [0.25, 0.3) is 0 Å². The van der Waals surface area contributed by atoms with Crippen LogP contribution in [-0.2, 0) is 27.3 Å². The number of amides is 1. The summed E-state index contributed by atoms with van der Waals surface area (Å²) >= 11 is 0. The van der Waals surface area contributed by atoms with Crippen LogP contribution in [0.15, 0.2) is 60.7 Å². The van der Waals surface area contributed by atoms with E-state index in [9.17, 15) is 4.79 Å². The SMILES string of the molecule is O=C(Cc1ccccc1)N1CC[C@]2(C[C@@H](OCc3ccccc3)CO2)C1. The molecule has 26 heavy (non-hydrogen) atoms. The molecule has 2 heterocycles. The van der Waals surface area contributed by atoms with Gasteiger partial charge in [0.2, 0.25) is 5.91 Å². The molecule has 4 nitrogen and oxygen atoms in total. The van der Waals surface area contributed by atoms with Gasteiger partial charge in [0.05, 0.1) is 31.3 Å². The largest absolute Gasteiger partial charge is 0.371 e. The van der Waals surface area contributed by atoms with Gasteiger partial charge in [-0.25, -0.2) is 0 Å². The van der Waals surface area contributed by atoms with Crippen molar-refractivity contribution >= 4 is 5.91 Å². The van der Waals surface area contributed by atoms with E-state index in [1.165, 1.54) is 5.56 Å². The van der Waals surface area contributed by atoms with E-state index in [1.54, 1.807) is 0 Å². The first-order chi connectivity index (χ1) is 12.7. The standard InChI is InChI=1S/C22H25NO3/c24-21(13-18-7-3-1-4-8-18)23-12-11-22(17-23)14-20(16-26-22)25-15-19-9-5-2-6-10-19/h1-10,20H,11-17H2/t20-,22+/m1/s1. The summed E-state index contributed by atoms with van der Waals surface area (Å²) in [5.41, 5.74) is 2.03. The number of hydrogen-bond donors (Lipinski definition) is 0. The average Bonchev–Trinajstić information content (AvgIpc) is 3.29. The molecule has 4 rings (SSSR count). The molecule has 2 fully saturated rings. The molecule has 0 aliphatic carbocycles. The number of carbonyl (C=O) groups excluding carboxylic acids is 1. The predicted molar refractivity (Wildman–Crippen MR) is 99.7 cm³/mol. The number of ether oxygens (including phenoxy) is 2. The van der Waals surface area contributed by atoms with Crippen LogP contribution in [0.3, 0.4) is 0 Å². The van der Waals surface area contributed by atoms with Gasteiger partial charge in [0.25, 0.3) is 0 Å². The minimum Gasteiger partial charge on any atom is -0.371 e. The summed E-state index contributed by atoms with van der Waals surface area (Å²) in [6.07, 6.45) is 2.35. The quantitative estimate of drug-likeness (QED) is 0.830. The van der Waals surface area contributed by atoms with E-state index in [1.807, 2.05) is 53.4 Å². The maximum atomic E-state index is 12.6. The van der Waals surface area contributed by atoms with E-state index in [2.05, 4.69) is 12.1 Å². The topological polar surface area (TPSA) is 38.8 Å². The highest BCUT2D eigenvalue weighted by Gasteiger charge is 2.47. The van der Waals surface area contributed by atoms with E-state index in [0.29, 0.717) is 26.2 Å². The van der Waals surface area contributed by atoms with Crippen molar-refractivity contribution in [3.05, 3.63) is 71.8 Å². The van der Waals surface area contributed by atoms with Crippen molar-refractivity contribution in [2.24, 2.45) is 0 Å². The minimum absolute atomic E-state index is 0.111. The van der Waals surface area contributed by atoms with Crippen LogP contribution < -0.4 is 0 Å². The molecule has 1 amide bonds. The lowest BCUT2D eigenvalue weighted by molar-refractivity contribution is -0.130. The molecule has 2 saturated heterocycles. The van der Waals surface area contributed by atoms with E-state index < -0.39 is 0 Å². The molecule has 2 aliphatic heterocycles. The predicted octanol–water partition coefficient (Wildman–Crippen LogP) is 3.21. The fourth-order valence-corrected chi connectivity index (χ4v) is 3.92. The normalized spacial score (nSPS) is 25.1. The first kappa shape index (κ1) is 17.3. The second-order valence-electron chi connectivity index (χ2n) is 7.34. The van der Waals surface area contributed by atoms with Crippen molar-refractivity contribution in [2.45, 2.75) is 37.6 Å². The molecule has 2 atom stereocenters. The molecule has 2 aromatic rings. The Morgan fingerprint density at radius 1 is 1.08 bits per heavy atom. The number of rotatable bonds is 5. The van der Waals surface area contributed by atoms with Gasteiger partial charge in [0, 0.05) is 19.5 Å². The molecule has 136 valence electrons. The highest BCUT2D eigenvalue weighted by Crippen LogP contribution is 2.36. The highest BCUT2D eigenvalue weighted by atomic mass is 16.6. The fraction of sp³-hybridized carbons (Fsp3) is 0.409. The second kappa shape index (κ2) is 7.60. The molecule has 4 heteroatoms. The zero-order chi connectivity index (χ0) is 17.8. The Morgan fingerprint density at radius 2 is 1.77 bits per heavy atom. The van der Waals surface area contributed by atoms with Gasteiger partial charge >= 0.3 is 0 Å². The molecule has 1 spiro atoms. The maximum absolute atomic E-state index is 12.6. The summed E-state index contributed by atoms with van der Waals surface area (Å²) in [7, 11) is 0. The van der Waals surface area contributed by atoms with Gasteiger partial charge in [-0.15, -0.1) is 0 Å². The van der Waals surface area contributed by atoms with Crippen LogP contribution in [-0.4, -0.2) is 42.2 Å². The van der Waals surface area contributed by atoms with E-state index in [4.69, 9.17) is 9.47 Å². The zero-order valence-electron chi connectivity index (χ0n) is 15.0. The minimum atomic E-state index is -0.215.